The molecule has 45 heavy (non-hydrogen) atoms. The number of carbonyl (C=O) groups is 2. The molecular weight excluding hydrogens is 610 g/mol. The van der Waals surface area contributed by atoms with Gasteiger partial charge < -0.3 is 14.4 Å². The van der Waals surface area contributed by atoms with Gasteiger partial charge in [-0.2, -0.15) is 0 Å². The Kier molecular flexibility index (Phi) is 9.60. The molecule has 5 atom stereocenters. The van der Waals surface area contributed by atoms with E-state index in [0.717, 1.165) is 74.5 Å². The van der Waals surface area contributed by atoms with Gasteiger partial charge in [0.1, 0.15) is 15.7 Å². The number of hydrogen-bond acceptors (Lipinski definition) is 6. The average molecular weight is 654 g/mol. The Balaban J connectivity index is 1.43. The molecular formula is C35H44ClN3O5S. The van der Waals surface area contributed by atoms with Crippen molar-refractivity contribution in [2.45, 2.75) is 76.2 Å². The van der Waals surface area contributed by atoms with E-state index >= 15 is 0 Å². The predicted molar refractivity (Wildman–Crippen MR) is 178 cm³/mol. The molecule has 2 aliphatic carbocycles. The summed E-state index contributed by atoms with van der Waals surface area (Å²) in [6.07, 6.45) is 11.9. The molecule has 0 unspecified atom stereocenters. The number of fused-ring (bicyclic) bond motifs is 4. The standard InChI is InChI=1S/C35H44ClN3O5S/c1-3-33(40)37-45(42)18-7-5-4-6-10-31(43-2)28-14-11-26(28)21-39-22-35(17-8-9-24-19-27(36)13-15-29(24)35)23-44-32-16-12-25(20-30(32)39)34(41)38-45/h6,10,12-13,15-16,19-20,26,28,31H,3-5,7-9,11,14,17-18,21-23H2,1-2H3,(H,37,38,40,41,42)/b10-6+/t26-,28+,31-,35-,45+/m0/s1. The van der Waals surface area contributed by atoms with E-state index in [2.05, 4.69) is 38.3 Å². The van der Waals surface area contributed by atoms with Crippen LogP contribution >= 0.6 is 11.6 Å². The van der Waals surface area contributed by atoms with Crippen molar-refractivity contribution >= 4 is 39.0 Å². The number of nitrogens with one attached hydrogen (secondary N) is 1. The van der Waals surface area contributed by atoms with Crippen LogP contribution in [0, 0.1) is 11.8 Å². The van der Waals surface area contributed by atoms with Crippen LogP contribution in [0.1, 0.15) is 79.8 Å². The maximum atomic E-state index is 13.8. The number of nitrogens with zero attached hydrogens (tertiary/aromatic N) is 2. The number of halogens is 1. The van der Waals surface area contributed by atoms with E-state index in [0.29, 0.717) is 30.4 Å². The number of anilines is 1. The third-order valence-electron chi connectivity index (χ3n) is 10.1. The molecule has 10 heteroatoms. The van der Waals surface area contributed by atoms with Crippen molar-refractivity contribution in [3.8, 4) is 5.75 Å². The zero-order valence-electron chi connectivity index (χ0n) is 26.3. The third-order valence-corrected chi connectivity index (χ3v) is 12.2. The minimum absolute atomic E-state index is 0.0182. The molecule has 0 saturated heterocycles. The molecule has 2 aliphatic heterocycles. The number of amides is 2. The fourth-order valence-corrected chi connectivity index (χ4v) is 9.43. The van der Waals surface area contributed by atoms with Crippen molar-refractivity contribution in [2.75, 3.05) is 37.5 Å². The lowest BCUT2D eigenvalue weighted by molar-refractivity contribution is -0.118. The first kappa shape index (κ1) is 32.1. The molecule has 0 radical (unpaired) electrons. The van der Waals surface area contributed by atoms with Crippen LogP contribution < -0.4 is 14.4 Å². The first-order chi connectivity index (χ1) is 21.7. The van der Waals surface area contributed by atoms with Crippen molar-refractivity contribution < 1.29 is 23.3 Å². The van der Waals surface area contributed by atoms with Crippen LogP contribution in [0.2, 0.25) is 5.02 Å². The fourth-order valence-electron chi connectivity index (χ4n) is 7.53. The lowest BCUT2D eigenvalue weighted by atomic mass is 9.68. The van der Waals surface area contributed by atoms with E-state index in [1.165, 1.54) is 11.1 Å². The molecule has 1 N–H and O–H groups in total. The van der Waals surface area contributed by atoms with Gasteiger partial charge in [-0.1, -0.05) is 36.7 Å². The Morgan fingerprint density at radius 1 is 1.20 bits per heavy atom. The molecule has 2 heterocycles. The van der Waals surface area contributed by atoms with E-state index in [9.17, 15) is 13.8 Å². The first-order valence-electron chi connectivity index (χ1n) is 16.3. The van der Waals surface area contributed by atoms with Crippen LogP contribution in [-0.4, -0.2) is 54.7 Å². The minimum Gasteiger partial charge on any atom is -0.490 e. The van der Waals surface area contributed by atoms with Crippen LogP contribution in [-0.2, 0) is 31.3 Å². The molecule has 6 rings (SSSR count). The summed E-state index contributed by atoms with van der Waals surface area (Å²) in [7, 11) is -1.50. The summed E-state index contributed by atoms with van der Waals surface area (Å²) in [5.74, 6) is 0.663. The molecule has 242 valence electrons. The number of allylic oxidation sites excluding steroid dienone is 1. The van der Waals surface area contributed by atoms with E-state index in [-0.39, 0.29) is 29.6 Å². The lowest BCUT2D eigenvalue weighted by Crippen LogP contribution is -2.49. The third kappa shape index (κ3) is 6.81. The summed E-state index contributed by atoms with van der Waals surface area (Å²) >= 11 is 6.43. The molecule has 4 aliphatic rings. The Morgan fingerprint density at radius 2 is 2.07 bits per heavy atom. The summed E-state index contributed by atoms with van der Waals surface area (Å²) in [6.45, 7) is 3.76. The number of hydrogen-bond donors (Lipinski definition) is 1. The van der Waals surface area contributed by atoms with E-state index in [1.807, 2.05) is 18.2 Å². The highest BCUT2D eigenvalue weighted by molar-refractivity contribution is 7.92. The van der Waals surface area contributed by atoms with Gasteiger partial charge in [0.2, 0.25) is 5.91 Å². The van der Waals surface area contributed by atoms with Crippen LogP contribution in [0.4, 0.5) is 5.69 Å². The summed E-state index contributed by atoms with van der Waals surface area (Å²) in [4.78, 5) is 28.3. The second-order valence-corrected chi connectivity index (χ2v) is 15.5. The summed E-state index contributed by atoms with van der Waals surface area (Å²) in [5.41, 5.74) is 3.51. The molecule has 2 amide bonds. The zero-order valence-corrected chi connectivity index (χ0v) is 27.8. The Hall–Kier alpha value is -2.88. The Bertz CT molecular complexity index is 1600. The van der Waals surface area contributed by atoms with Crippen molar-refractivity contribution in [1.82, 2.24) is 4.72 Å². The van der Waals surface area contributed by atoms with Gasteiger partial charge in [0, 0.05) is 42.6 Å². The largest absolute Gasteiger partial charge is 0.490 e. The van der Waals surface area contributed by atoms with Gasteiger partial charge in [-0.05, 0) is 105 Å². The maximum Gasteiger partial charge on any atom is 0.286 e. The van der Waals surface area contributed by atoms with Gasteiger partial charge in [0.25, 0.3) is 5.91 Å². The van der Waals surface area contributed by atoms with Gasteiger partial charge in [-0.15, -0.1) is 4.36 Å². The van der Waals surface area contributed by atoms with Crippen molar-refractivity contribution in [3.05, 3.63) is 70.3 Å². The number of methoxy groups -OCH3 is 1. The molecule has 2 aromatic rings. The Morgan fingerprint density at radius 3 is 2.84 bits per heavy atom. The molecule has 0 aromatic heterocycles. The second-order valence-electron chi connectivity index (χ2n) is 13.0. The summed E-state index contributed by atoms with van der Waals surface area (Å²) in [6, 6.07) is 11.6. The highest BCUT2D eigenvalue weighted by Gasteiger charge is 2.44. The summed E-state index contributed by atoms with van der Waals surface area (Å²) in [5, 5.41) is 0.749. The molecule has 1 spiro atoms. The van der Waals surface area contributed by atoms with Gasteiger partial charge in [-0.25, -0.2) is 4.21 Å². The van der Waals surface area contributed by atoms with Crippen LogP contribution in [0.5, 0.6) is 5.75 Å². The number of rotatable bonds is 3. The van der Waals surface area contributed by atoms with Crippen molar-refractivity contribution in [2.24, 2.45) is 16.2 Å². The molecule has 1 fully saturated rings. The van der Waals surface area contributed by atoms with E-state index in [4.69, 9.17) is 21.1 Å². The first-order valence-corrected chi connectivity index (χ1v) is 18.4. The van der Waals surface area contributed by atoms with E-state index in [1.54, 1.807) is 20.1 Å². The minimum atomic E-state index is -3.29. The van der Waals surface area contributed by atoms with Crippen LogP contribution in [0.25, 0.3) is 0 Å². The van der Waals surface area contributed by atoms with Crippen LogP contribution in [0.15, 0.2) is 52.9 Å². The monoisotopic (exact) mass is 653 g/mol. The topological polar surface area (TPSA) is 97.3 Å². The molecule has 2 bridgehead atoms. The highest BCUT2D eigenvalue weighted by atomic mass is 35.5. The summed E-state index contributed by atoms with van der Waals surface area (Å²) < 4.78 is 33.2. The number of carbonyl (C=O) groups excluding carboxylic acids is 2. The maximum absolute atomic E-state index is 13.8. The fraction of sp³-hybridized carbons (Fsp3) is 0.543. The smallest absolute Gasteiger partial charge is 0.286 e. The molecule has 8 nitrogen and oxygen atoms in total. The van der Waals surface area contributed by atoms with Crippen LogP contribution in [0.3, 0.4) is 0 Å². The zero-order chi connectivity index (χ0) is 31.6. The number of aryl methyl sites for hydroxylation is 1. The van der Waals surface area contributed by atoms with Gasteiger partial charge in [-0.3, -0.25) is 14.3 Å². The number of ether oxygens (including phenoxy) is 2. The average Bonchev–Trinajstić information content (AvgIpc) is 3.16. The number of benzene rings is 2. The quantitative estimate of drug-likeness (QED) is 0.373. The predicted octanol–water partition coefficient (Wildman–Crippen LogP) is 6.64. The van der Waals surface area contributed by atoms with Gasteiger partial charge in [0.15, 0.2) is 0 Å². The normalized spacial score (nSPS) is 30.8. The highest BCUT2D eigenvalue weighted by Crippen LogP contribution is 2.47. The van der Waals surface area contributed by atoms with Crippen molar-refractivity contribution in [1.29, 1.82) is 0 Å². The lowest BCUT2D eigenvalue weighted by Gasteiger charge is -2.46. The SMILES string of the molecule is CCC(=O)N[S@@]1(=O)=NC(=O)c2ccc3c(c2)N(C[C@@H]2CC[C@H]2[C@@H](OC)/C=C/CCCC1)C[C@@]1(CCCc2cc(Cl)ccc21)CO3. The van der Waals surface area contributed by atoms with Gasteiger partial charge in [0.05, 0.1) is 24.2 Å². The molecule has 2 aromatic carbocycles. The van der Waals surface area contributed by atoms with Crippen molar-refractivity contribution in [3.63, 3.8) is 0 Å². The Labute approximate surface area is 272 Å². The second kappa shape index (κ2) is 13.5. The molecule has 1 saturated carbocycles. The van der Waals surface area contributed by atoms with Gasteiger partial charge >= 0.3 is 0 Å². The van der Waals surface area contributed by atoms with E-state index < -0.39 is 15.8 Å².